The zero-order valence-electron chi connectivity index (χ0n) is 16.2. The van der Waals surface area contributed by atoms with Gasteiger partial charge in [0, 0.05) is 30.0 Å². The zero-order chi connectivity index (χ0) is 20.0. The summed E-state index contributed by atoms with van der Waals surface area (Å²) in [7, 11) is -3.22. The molecule has 1 aliphatic carbocycles. The Morgan fingerprint density at radius 3 is 2.79 bits per heavy atom. The van der Waals surface area contributed by atoms with Crippen LogP contribution in [0.5, 0.6) is 5.75 Å². The maximum absolute atomic E-state index is 11.5. The topological polar surface area (TPSA) is 107 Å². The van der Waals surface area contributed by atoms with Gasteiger partial charge in [-0.2, -0.15) is 0 Å². The fourth-order valence-electron chi connectivity index (χ4n) is 4.09. The molecule has 28 heavy (non-hydrogen) atoms. The number of sulfonamides is 1. The molecule has 0 bridgehead atoms. The van der Waals surface area contributed by atoms with Gasteiger partial charge < -0.3 is 14.8 Å². The predicted molar refractivity (Wildman–Crippen MR) is 105 cm³/mol. The van der Waals surface area contributed by atoms with Crippen LogP contribution in [0.4, 0.5) is 0 Å². The molecule has 0 spiro atoms. The maximum atomic E-state index is 11.5. The van der Waals surface area contributed by atoms with Gasteiger partial charge in [0.15, 0.2) is 6.29 Å². The molecule has 1 aromatic rings. The Bertz CT molecular complexity index is 750. The van der Waals surface area contributed by atoms with Crippen LogP contribution >= 0.6 is 0 Å². The van der Waals surface area contributed by atoms with Crippen molar-refractivity contribution in [1.82, 2.24) is 15.0 Å². The number of aromatic nitrogens is 1. The molecule has 2 N–H and O–H groups in total. The lowest BCUT2D eigenvalue weighted by atomic mass is 9.83. The van der Waals surface area contributed by atoms with Crippen LogP contribution in [0.1, 0.15) is 43.6 Å². The number of carbonyl (C=O) groups is 1. The summed E-state index contributed by atoms with van der Waals surface area (Å²) in [5.41, 5.74) is 1.05. The van der Waals surface area contributed by atoms with Crippen molar-refractivity contribution in [3.63, 3.8) is 0 Å². The number of nitrogens with zero attached hydrogens (tertiary/aromatic N) is 1. The minimum Gasteiger partial charge on any atom is -0.486 e. The van der Waals surface area contributed by atoms with Crippen LogP contribution in [-0.4, -0.2) is 63.9 Å². The van der Waals surface area contributed by atoms with E-state index in [1.165, 1.54) is 6.26 Å². The second kappa shape index (κ2) is 9.78. The van der Waals surface area contributed by atoms with E-state index in [1.807, 2.05) is 12.3 Å². The van der Waals surface area contributed by atoms with Crippen LogP contribution in [0, 0.1) is 0 Å². The third kappa shape index (κ3) is 5.97. The van der Waals surface area contributed by atoms with Crippen molar-refractivity contribution in [3.05, 3.63) is 24.0 Å². The molecule has 8 nitrogen and oxygen atoms in total. The quantitative estimate of drug-likeness (QED) is 0.584. The smallest absolute Gasteiger partial charge is 0.209 e. The number of ether oxygens (including phenoxy) is 2. The van der Waals surface area contributed by atoms with Gasteiger partial charge in [-0.25, -0.2) is 13.1 Å². The van der Waals surface area contributed by atoms with Crippen molar-refractivity contribution in [2.24, 2.45) is 0 Å². The highest BCUT2D eigenvalue weighted by Gasteiger charge is 2.31. The van der Waals surface area contributed by atoms with Crippen molar-refractivity contribution in [2.75, 3.05) is 26.0 Å². The van der Waals surface area contributed by atoms with Crippen LogP contribution < -0.4 is 14.8 Å². The van der Waals surface area contributed by atoms with Crippen molar-refractivity contribution in [1.29, 1.82) is 0 Å². The summed E-state index contributed by atoms with van der Waals surface area (Å²) in [4.78, 5) is 14.8. The molecule has 2 atom stereocenters. The average molecular weight is 412 g/mol. The normalized spacial score (nSPS) is 28.2. The third-order valence-corrected chi connectivity index (χ3v) is 6.19. The lowest BCUT2D eigenvalue weighted by Gasteiger charge is -2.31. The van der Waals surface area contributed by atoms with Crippen molar-refractivity contribution in [3.8, 4) is 5.75 Å². The Hall–Kier alpha value is -1.55. The van der Waals surface area contributed by atoms with E-state index < -0.39 is 10.0 Å². The Morgan fingerprint density at radius 2 is 2.07 bits per heavy atom. The lowest BCUT2D eigenvalue weighted by Crippen LogP contribution is -2.46. The first-order valence-corrected chi connectivity index (χ1v) is 11.7. The molecule has 0 radical (unpaired) electrons. The van der Waals surface area contributed by atoms with Gasteiger partial charge in [-0.15, -0.1) is 0 Å². The minimum absolute atomic E-state index is 0.00844. The molecule has 1 aromatic heterocycles. The molecule has 0 aromatic carbocycles. The fraction of sp³-hybridized carbons (Fsp3) is 0.684. The minimum atomic E-state index is -3.22. The number of carbonyl (C=O) groups excluding carboxylic acids is 1. The third-order valence-electron chi connectivity index (χ3n) is 5.46. The van der Waals surface area contributed by atoms with Gasteiger partial charge in [-0.1, -0.05) is 0 Å². The molecule has 1 saturated heterocycles. The van der Waals surface area contributed by atoms with Crippen LogP contribution in [-0.2, 0) is 19.6 Å². The van der Waals surface area contributed by atoms with Crippen molar-refractivity contribution in [2.45, 2.75) is 56.2 Å². The number of pyridine rings is 1. The van der Waals surface area contributed by atoms with E-state index in [9.17, 15) is 13.2 Å². The van der Waals surface area contributed by atoms with Crippen LogP contribution in [0.25, 0.3) is 0 Å². The summed E-state index contributed by atoms with van der Waals surface area (Å²) < 4.78 is 37.3. The van der Waals surface area contributed by atoms with E-state index >= 15 is 0 Å². The Balaban J connectivity index is 1.48. The number of rotatable bonds is 9. The molecule has 2 heterocycles. The Kier molecular flexibility index (Phi) is 7.39. The molecule has 3 rings (SSSR count). The summed E-state index contributed by atoms with van der Waals surface area (Å²) in [6.07, 6.45) is 10.2. The largest absolute Gasteiger partial charge is 0.486 e. The van der Waals surface area contributed by atoms with E-state index in [1.54, 1.807) is 6.20 Å². The standard InChI is InChI=1S/C19H29N3O5S/c1-28(24,25)22-17-6-9-21-18(17)13-27-15-4-2-14(3-5-15)16-12-20-8-7-19(16)26-11-10-23/h7-8,10,12,14-15,17-18,21-22H,2-6,9,11,13H2,1H3/t14?,15?,17-,18-/m0/s1. The van der Waals surface area contributed by atoms with E-state index in [4.69, 9.17) is 9.47 Å². The highest BCUT2D eigenvalue weighted by molar-refractivity contribution is 7.88. The van der Waals surface area contributed by atoms with Gasteiger partial charge in [0.05, 0.1) is 19.0 Å². The molecule has 2 fully saturated rings. The zero-order valence-corrected chi connectivity index (χ0v) is 17.0. The molecular weight excluding hydrogens is 382 g/mol. The highest BCUT2D eigenvalue weighted by atomic mass is 32.2. The Labute approximate surface area is 166 Å². The van der Waals surface area contributed by atoms with Crippen molar-refractivity contribution < 1.29 is 22.7 Å². The van der Waals surface area contributed by atoms with Gasteiger partial charge in [0.2, 0.25) is 10.0 Å². The second-order valence-electron chi connectivity index (χ2n) is 7.54. The SMILES string of the molecule is CS(=O)(=O)N[C@H]1CCN[C@H]1COC1CCC(c2cnccc2OCC=O)CC1. The highest BCUT2D eigenvalue weighted by Crippen LogP contribution is 2.37. The first-order valence-electron chi connectivity index (χ1n) is 9.79. The number of hydrogen-bond acceptors (Lipinski definition) is 7. The Morgan fingerprint density at radius 1 is 1.29 bits per heavy atom. The predicted octanol–water partition coefficient (Wildman–Crippen LogP) is 0.982. The summed E-state index contributed by atoms with van der Waals surface area (Å²) in [6.45, 7) is 1.34. The molecule has 1 saturated carbocycles. The molecule has 9 heteroatoms. The van der Waals surface area contributed by atoms with Gasteiger partial charge in [-0.05, 0) is 50.6 Å². The number of nitrogens with one attached hydrogen (secondary N) is 2. The number of aldehydes is 1. The maximum Gasteiger partial charge on any atom is 0.209 e. The number of hydrogen-bond donors (Lipinski definition) is 2. The van der Waals surface area contributed by atoms with Crippen LogP contribution in [0.3, 0.4) is 0 Å². The first-order chi connectivity index (χ1) is 13.5. The van der Waals surface area contributed by atoms with E-state index in [0.29, 0.717) is 12.5 Å². The second-order valence-corrected chi connectivity index (χ2v) is 9.32. The fourth-order valence-corrected chi connectivity index (χ4v) is 4.93. The van der Waals surface area contributed by atoms with E-state index in [-0.39, 0.29) is 24.8 Å². The lowest BCUT2D eigenvalue weighted by molar-refractivity contribution is -0.109. The van der Waals surface area contributed by atoms with Gasteiger partial charge >= 0.3 is 0 Å². The van der Waals surface area contributed by atoms with Crippen LogP contribution in [0.15, 0.2) is 18.5 Å². The van der Waals surface area contributed by atoms with E-state index in [0.717, 1.165) is 56.2 Å². The summed E-state index contributed by atoms with van der Waals surface area (Å²) in [5.74, 6) is 1.08. The van der Waals surface area contributed by atoms with Crippen molar-refractivity contribution >= 4 is 16.3 Å². The first kappa shape index (κ1) is 21.2. The summed E-state index contributed by atoms with van der Waals surface area (Å²) >= 11 is 0. The molecule has 2 aliphatic rings. The molecule has 156 valence electrons. The summed E-state index contributed by atoms with van der Waals surface area (Å²) in [6, 6.07) is 1.70. The molecule has 1 aliphatic heterocycles. The van der Waals surface area contributed by atoms with Crippen LogP contribution in [0.2, 0.25) is 0 Å². The van der Waals surface area contributed by atoms with Gasteiger partial charge in [0.25, 0.3) is 0 Å². The molecule has 0 amide bonds. The monoisotopic (exact) mass is 411 g/mol. The summed E-state index contributed by atoms with van der Waals surface area (Å²) in [5, 5.41) is 3.33. The van der Waals surface area contributed by atoms with E-state index in [2.05, 4.69) is 15.0 Å². The molecule has 0 unspecified atom stereocenters. The van der Waals surface area contributed by atoms with Gasteiger partial charge in [0.1, 0.15) is 12.4 Å². The van der Waals surface area contributed by atoms with Gasteiger partial charge in [-0.3, -0.25) is 9.78 Å². The molecular formula is C19H29N3O5S. The average Bonchev–Trinajstić information content (AvgIpc) is 3.10.